The van der Waals surface area contributed by atoms with Gasteiger partial charge in [-0.2, -0.15) is 0 Å². The van der Waals surface area contributed by atoms with Gasteiger partial charge in [-0.1, -0.05) is 102 Å². The first kappa shape index (κ1) is 23.8. The summed E-state index contributed by atoms with van der Waals surface area (Å²) in [6.07, 6.45) is 3.53. The van der Waals surface area contributed by atoms with Crippen LogP contribution in [0, 0.1) is 0 Å². The van der Waals surface area contributed by atoms with Crippen LogP contribution in [0.3, 0.4) is 0 Å². The molecule has 5 heteroatoms. The van der Waals surface area contributed by atoms with Crippen molar-refractivity contribution >= 4 is 29.4 Å². The van der Waals surface area contributed by atoms with Crippen molar-refractivity contribution in [3.05, 3.63) is 48.3 Å². The van der Waals surface area contributed by atoms with Gasteiger partial charge in [-0.3, -0.25) is 0 Å². The van der Waals surface area contributed by atoms with E-state index in [9.17, 15) is 4.39 Å². The monoisotopic (exact) mass is 424 g/mol. The molecule has 26 heavy (non-hydrogen) atoms. The summed E-state index contributed by atoms with van der Waals surface area (Å²) < 4.78 is 13.2. The van der Waals surface area contributed by atoms with Gasteiger partial charge in [0.15, 0.2) is 0 Å². The molecule has 0 aliphatic heterocycles. The molecule has 1 aromatic rings. The normalized spacial score (nSPS) is 16.7. The molecule has 0 fully saturated rings. The second-order valence-corrected chi connectivity index (χ2v) is 51.9. The van der Waals surface area contributed by atoms with Crippen LogP contribution < -0.4 is 0 Å². The van der Waals surface area contributed by atoms with Crippen molar-refractivity contribution < 1.29 is 4.39 Å². The van der Waals surface area contributed by atoms with Crippen molar-refractivity contribution in [2.75, 3.05) is 0 Å². The third-order valence-electron chi connectivity index (χ3n) is 6.51. The zero-order valence-corrected chi connectivity index (χ0v) is 22.8. The third kappa shape index (κ3) is 4.42. The minimum atomic E-state index is -1.61. The molecule has 0 bridgehead atoms. The Balaban J connectivity index is 3.78. The molecular formula is C21H41FSi4. The van der Waals surface area contributed by atoms with Gasteiger partial charge in [-0.25, -0.2) is 4.39 Å². The Morgan fingerprint density at radius 3 is 1.58 bits per heavy atom. The van der Waals surface area contributed by atoms with Crippen LogP contribution in [0.1, 0.15) is 24.8 Å². The molecule has 0 heterocycles. The molecule has 0 spiro atoms. The molecule has 0 radical (unpaired) electrons. The van der Waals surface area contributed by atoms with Gasteiger partial charge in [0.25, 0.3) is 0 Å². The summed E-state index contributed by atoms with van der Waals surface area (Å²) >= 11 is 0. The molecule has 0 aliphatic rings. The van der Waals surface area contributed by atoms with Gasteiger partial charge in [0.2, 0.25) is 0 Å². The van der Waals surface area contributed by atoms with Crippen molar-refractivity contribution in [1.82, 2.24) is 0 Å². The fourth-order valence-corrected chi connectivity index (χ4v) is 113. The maximum absolute atomic E-state index is 13.2. The van der Waals surface area contributed by atoms with E-state index in [0.29, 0.717) is 11.5 Å². The van der Waals surface area contributed by atoms with Gasteiger partial charge in [-0.05, 0) is 23.4 Å². The van der Waals surface area contributed by atoms with Crippen LogP contribution in [-0.2, 0) is 0 Å². The molecular weight excluding hydrogens is 384 g/mol. The summed E-state index contributed by atoms with van der Waals surface area (Å²) in [6.45, 7) is 24.6. The topological polar surface area (TPSA) is 0 Å². The molecule has 1 rings (SSSR count). The van der Waals surface area contributed by atoms with E-state index in [2.05, 4.69) is 96.2 Å². The largest absolute Gasteiger partial charge is 0.216 e. The van der Waals surface area contributed by atoms with Crippen LogP contribution in [0.5, 0.6) is 0 Å². The first-order valence-electron chi connectivity index (χ1n) is 10.0. The molecule has 0 aromatic heterocycles. The molecule has 0 unspecified atom stereocenters. The second-order valence-electron chi connectivity index (χ2n) is 11.0. The fraction of sp³-hybridized carbons (Fsp3) is 0.619. The van der Waals surface area contributed by atoms with Crippen molar-refractivity contribution in [3.63, 3.8) is 0 Å². The van der Waals surface area contributed by atoms with Gasteiger partial charge in [0.1, 0.15) is 0 Å². The Labute approximate surface area is 165 Å². The lowest BCUT2D eigenvalue weighted by atomic mass is 9.95. The Morgan fingerprint density at radius 2 is 1.23 bits per heavy atom. The second kappa shape index (κ2) is 8.41. The van der Waals surface area contributed by atoms with Crippen LogP contribution in [0.2, 0.25) is 64.5 Å². The van der Waals surface area contributed by atoms with Gasteiger partial charge in [0.05, 0.1) is 6.33 Å². The quantitative estimate of drug-likeness (QED) is 0.374. The van der Waals surface area contributed by atoms with E-state index < -0.39 is 29.4 Å². The lowest BCUT2D eigenvalue weighted by Gasteiger charge is -2.62. The molecule has 0 N–H and O–H groups in total. The van der Waals surface area contributed by atoms with E-state index in [-0.39, 0.29) is 0 Å². The summed E-state index contributed by atoms with van der Waals surface area (Å²) in [5.74, 6) is 0.504. The van der Waals surface area contributed by atoms with E-state index >= 15 is 0 Å². The highest BCUT2D eigenvalue weighted by molar-refractivity contribution is 7.89. The van der Waals surface area contributed by atoms with E-state index in [4.69, 9.17) is 0 Å². The lowest BCUT2D eigenvalue weighted by Crippen LogP contribution is -2.85. The third-order valence-corrected chi connectivity index (χ3v) is 80.6. The summed E-state index contributed by atoms with van der Waals surface area (Å²) in [5, 5.41) is 0. The molecule has 0 nitrogen and oxygen atoms in total. The SMILES string of the molecule is C[C@H](c1ccccc1)[C@@H](C/C=C\F)[Si]([Si](C)(C)C)([Si](C)(C)C)[Si](C)(C)C. The van der Waals surface area contributed by atoms with Crippen LogP contribution in [0.15, 0.2) is 42.7 Å². The van der Waals surface area contributed by atoms with E-state index in [1.165, 1.54) is 5.56 Å². The predicted molar refractivity (Wildman–Crippen MR) is 129 cm³/mol. The number of hydrogen-bond donors (Lipinski definition) is 0. The molecule has 0 aliphatic carbocycles. The van der Waals surface area contributed by atoms with Gasteiger partial charge in [0, 0.05) is 29.4 Å². The van der Waals surface area contributed by atoms with Gasteiger partial charge < -0.3 is 0 Å². The van der Waals surface area contributed by atoms with Crippen LogP contribution in [0.25, 0.3) is 0 Å². The number of hydrogen-bond acceptors (Lipinski definition) is 0. The Morgan fingerprint density at radius 1 is 0.808 bits per heavy atom. The van der Waals surface area contributed by atoms with Gasteiger partial charge in [-0.15, -0.1) is 0 Å². The van der Waals surface area contributed by atoms with E-state index in [0.717, 1.165) is 12.8 Å². The first-order chi connectivity index (χ1) is 11.7. The molecule has 148 valence electrons. The molecule has 1 aromatic carbocycles. The Bertz CT molecular complexity index is 555. The predicted octanol–water partition coefficient (Wildman–Crippen LogP) is 7.73. The van der Waals surface area contributed by atoms with Crippen molar-refractivity contribution in [2.24, 2.45) is 0 Å². The zero-order chi connectivity index (χ0) is 20.4. The summed E-state index contributed by atoms with van der Waals surface area (Å²) in [7, 11) is -4.23. The molecule has 2 atom stereocenters. The number of benzene rings is 1. The Kier molecular flexibility index (Phi) is 7.70. The summed E-state index contributed by atoms with van der Waals surface area (Å²) in [4.78, 5) is 0. The number of allylic oxidation sites excluding steroid dienone is 1. The lowest BCUT2D eigenvalue weighted by molar-refractivity contribution is 0.661. The van der Waals surface area contributed by atoms with Gasteiger partial charge >= 0.3 is 0 Å². The van der Waals surface area contributed by atoms with E-state index in [1.54, 1.807) is 0 Å². The van der Waals surface area contributed by atoms with Crippen molar-refractivity contribution in [2.45, 2.75) is 83.7 Å². The fourth-order valence-electron chi connectivity index (χ4n) is 6.99. The average molecular weight is 425 g/mol. The molecule has 0 saturated heterocycles. The molecule has 0 amide bonds. The smallest absolute Gasteiger partial charge is 0.0827 e. The Hall–Kier alpha value is -0.242. The molecule has 0 saturated carbocycles. The number of halogens is 1. The standard InChI is InChI=1S/C21H41FSi4/c1-19(20-15-12-11-13-16-20)21(17-14-18-22)26(23(2,3)4,24(5,6)7)25(8,9)10/h11-16,18-19,21H,17H2,1-10H3/b18-14-/t19-,21-/m1/s1. The summed E-state index contributed by atoms with van der Waals surface area (Å²) in [6, 6.07) is 11.0. The van der Waals surface area contributed by atoms with Crippen molar-refractivity contribution in [3.8, 4) is 0 Å². The number of rotatable bonds is 8. The average Bonchev–Trinajstić information content (AvgIpc) is 2.47. The highest BCUT2D eigenvalue weighted by atomic mass is 29.9. The summed E-state index contributed by atoms with van der Waals surface area (Å²) in [5.41, 5.74) is 2.08. The highest BCUT2D eigenvalue weighted by Gasteiger charge is 2.65. The highest BCUT2D eigenvalue weighted by Crippen LogP contribution is 2.52. The van der Waals surface area contributed by atoms with Crippen LogP contribution in [-0.4, -0.2) is 29.4 Å². The van der Waals surface area contributed by atoms with Crippen LogP contribution in [0.4, 0.5) is 4.39 Å². The van der Waals surface area contributed by atoms with Crippen molar-refractivity contribution in [1.29, 1.82) is 0 Å². The maximum Gasteiger partial charge on any atom is 0.0827 e. The zero-order valence-electron chi connectivity index (χ0n) is 18.8. The first-order valence-corrected chi connectivity index (χ1v) is 25.6. The maximum atomic E-state index is 13.2. The van der Waals surface area contributed by atoms with E-state index in [1.807, 2.05) is 6.08 Å². The minimum Gasteiger partial charge on any atom is -0.216 e. The van der Waals surface area contributed by atoms with Crippen LogP contribution >= 0.6 is 0 Å². The minimum absolute atomic E-state index is 0.504.